The summed E-state index contributed by atoms with van der Waals surface area (Å²) in [4.78, 5) is 15.5. The molecule has 1 aliphatic carbocycles. The molecule has 0 bridgehead atoms. The molecular weight excluding hydrogens is 248 g/mol. The number of carboxylic acid groups (broad SMARTS) is 1. The minimum absolute atomic E-state index is 0.171. The van der Waals surface area contributed by atoms with E-state index in [0.717, 1.165) is 19.4 Å². The van der Waals surface area contributed by atoms with Gasteiger partial charge in [0.05, 0.1) is 17.9 Å². The molecule has 104 valence electrons. The summed E-state index contributed by atoms with van der Waals surface area (Å²) >= 11 is 0. The normalized spacial score (nSPS) is 32.4. The molecule has 19 heavy (non-hydrogen) atoms. The lowest BCUT2D eigenvalue weighted by Crippen LogP contribution is -2.10. The molecule has 3 atom stereocenters. The molecule has 6 nitrogen and oxygen atoms in total. The molecule has 1 saturated heterocycles. The van der Waals surface area contributed by atoms with Crippen LogP contribution < -0.4 is 0 Å². The van der Waals surface area contributed by atoms with Gasteiger partial charge in [-0.25, -0.2) is 0 Å². The second-order valence-corrected chi connectivity index (χ2v) is 6.00. The number of carboxylic acids is 1. The highest BCUT2D eigenvalue weighted by atomic mass is 16.5. The van der Waals surface area contributed by atoms with Crippen LogP contribution in [0.2, 0.25) is 0 Å². The van der Waals surface area contributed by atoms with Gasteiger partial charge in [-0.1, -0.05) is 19.0 Å². The molecule has 0 aromatic carbocycles. The van der Waals surface area contributed by atoms with Crippen molar-refractivity contribution < 1.29 is 19.2 Å². The maximum Gasteiger partial charge on any atom is 0.307 e. The second-order valence-electron chi connectivity index (χ2n) is 6.00. The number of rotatable bonds is 4. The minimum Gasteiger partial charge on any atom is -0.481 e. The number of carbonyl (C=O) groups is 1. The fourth-order valence-corrected chi connectivity index (χ4v) is 3.05. The van der Waals surface area contributed by atoms with Gasteiger partial charge in [0.15, 0.2) is 5.82 Å². The predicted molar refractivity (Wildman–Crippen MR) is 64.6 cm³/mol. The van der Waals surface area contributed by atoms with Crippen molar-refractivity contribution >= 4 is 5.97 Å². The average Bonchev–Trinajstić information content (AvgIpc) is 2.80. The molecule has 2 aliphatic rings. The van der Waals surface area contributed by atoms with Crippen LogP contribution in [-0.2, 0) is 16.0 Å². The summed E-state index contributed by atoms with van der Waals surface area (Å²) in [5, 5.41) is 13.1. The summed E-state index contributed by atoms with van der Waals surface area (Å²) in [5.41, 5.74) is -0.306. The van der Waals surface area contributed by atoms with E-state index in [1.165, 1.54) is 0 Å². The lowest BCUT2D eigenvalue weighted by molar-refractivity contribution is -0.139. The van der Waals surface area contributed by atoms with Gasteiger partial charge in [-0.05, 0) is 18.3 Å². The van der Waals surface area contributed by atoms with Crippen molar-refractivity contribution in [3.63, 3.8) is 0 Å². The molecule has 2 heterocycles. The fourth-order valence-electron chi connectivity index (χ4n) is 3.05. The van der Waals surface area contributed by atoms with Crippen molar-refractivity contribution in [2.45, 2.75) is 45.1 Å². The molecule has 0 radical (unpaired) electrons. The van der Waals surface area contributed by atoms with Crippen LogP contribution in [0.25, 0.3) is 0 Å². The predicted octanol–water partition coefficient (Wildman–Crippen LogP) is 1.62. The smallest absolute Gasteiger partial charge is 0.307 e. The van der Waals surface area contributed by atoms with E-state index in [2.05, 4.69) is 10.1 Å². The summed E-state index contributed by atoms with van der Waals surface area (Å²) in [6, 6.07) is 0. The molecule has 6 heteroatoms. The van der Waals surface area contributed by atoms with Gasteiger partial charge in [-0.2, -0.15) is 4.98 Å². The Bertz CT molecular complexity index is 491. The van der Waals surface area contributed by atoms with Crippen molar-refractivity contribution in [2.75, 3.05) is 6.61 Å². The third-order valence-corrected chi connectivity index (χ3v) is 4.28. The molecule has 2 fully saturated rings. The van der Waals surface area contributed by atoms with Gasteiger partial charge in [-0.3, -0.25) is 4.79 Å². The lowest BCUT2D eigenvalue weighted by atomic mass is 10.1. The second kappa shape index (κ2) is 4.30. The van der Waals surface area contributed by atoms with Crippen LogP contribution >= 0.6 is 0 Å². The maximum atomic E-state index is 11.1. The van der Waals surface area contributed by atoms with E-state index in [1.807, 2.05) is 13.8 Å². The monoisotopic (exact) mass is 266 g/mol. The van der Waals surface area contributed by atoms with Gasteiger partial charge in [0.25, 0.3) is 0 Å². The van der Waals surface area contributed by atoms with Crippen LogP contribution in [-0.4, -0.2) is 33.9 Å². The number of ether oxygens (including phenoxy) is 1. The Hall–Kier alpha value is -1.43. The molecule has 1 aromatic rings. The standard InChI is InChI=1S/C13H18N2O4/c1-13(2)9(10(13)12(16)17)11-14-8(15-19-11)6-7-4-3-5-18-7/h7,9-10H,3-6H2,1-2H3,(H,16,17). The van der Waals surface area contributed by atoms with Crippen molar-refractivity contribution in [2.24, 2.45) is 11.3 Å². The van der Waals surface area contributed by atoms with Gasteiger partial charge >= 0.3 is 5.97 Å². The number of nitrogens with zero attached hydrogens (tertiary/aromatic N) is 2. The third-order valence-electron chi connectivity index (χ3n) is 4.28. The van der Waals surface area contributed by atoms with Crippen LogP contribution in [0.15, 0.2) is 4.52 Å². The Morgan fingerprint density at radius 3 is 2.89 bits per heavy atom. The van der Waals surface area contributed by atoms with Gasteiger partial charge in [0.1, 0.15) is 0 Å². The van der Waals surface area contributed by atoms with E-state index in [0.29, 0.717) is 18.1 Å². The highest BCUT2D eigenvalue weighted by Gasteiger charge is 2.65. The summed E-state index contributed by atoms with van der Waals surface area (Å²) in [6.07, 6.45) is 2.92. The minimum atomic E-state index is -0.797. The van der Waals surface area contributed by atoms with Gasteiger partial charge < -0.3 is 14.4 Å². The maximum absolute atomic E-state index is 11.1. The summed E-state index contributed by atoms with van der Waals surface area (Å²) in [6.45, 7) is 4.63. The zero-order valence-corrected chi connectivity index (χ0v) is 11.1. The molecule has 1 N–H and O–H groups in total. The summed E-state index contributed by atoms with van der Waals surface area (Å²) in [5.74, 6) is -0.327. The first-order chi connectivity index (χ1) is 9.00. The molecular formula is C13H18N2O4. The Morgan fingerprint density at radius 1 is 1.53 bits per heavy atom. The van der Waals surface area contributed by atoms with Crippen molar-refractivity contribution in [1.29, 1.82) is 0 Å². The van der Waals surface area contributed by atoms with Gasteiger partial charge in [0.2, 0.25) is 5.89 Å². The van der Waals surface area contributed by atoms with Crippen LogP contribution in [0.4, 0.5) is 0 Å². The Kier molecular flexibility index (Phi) is 2.85. The highest BCUT2D eigenvalue weighted by Crippen LogP contribution is 2.64. The molecule has 1 aromatic heterocycles. The summed E-state index contributed by atoms with van der Waals surface area (Å²) in [7, 11) is 0. The highest BCUT2D eigenvalue weighted by molar-refractivity contribution is 5.77. The Balaban J connectivity index is 1.70. The molecule has 3 rings (SSSR count). The first kappa shape index (κ1) is 12.6. The largest absolute Gasteiger partial charge is 0.481 e. The zero-order chi connectivity index (χ0) is 13.6. The van der Waals surface area contributed by atoms with E-state index in [9.17, 15) is 4.79 Å². The molecule has 1 saturated carbocycles. The third kappa shape index (κ3) is 2.14. The van der Waals surface area contributed by atoms with E-state index in [1.54, 1.807) is 0 Å². The van der Waals surface area contributed by atoms with Crippen molar-refractivity contribution in [3.05, 3.63) is 11.7 Å². The molecule has 3 unspecified atom stereocenters. The first-order valence-electron chi connectivity index (χ1n) is 6.67. The van der Waals surface area contributed by atoms with E-state index in [-0.39, 0.29) is 17.4 Å². The van der Waals surface area contributed by atoms with E-state index in [4.69, 9.17) is 14.4 Å². The number of hydrogen-bond donors (Lipinski definition) is 1. The van der Waals surface area contributed by atoms with Crippen LogP contribution in [0, 0.1) is 11.3 Å². The van der Waals surface area contributed by atoms with Gasteiger partial charge in [-0.15, -0.1) is 0 Å². The van der Waals surface area contributed by atoms with E-state index < -0.39 is 11.9 Å². The van der Waals surface area contributed by atoms with E-state index >= 15 is 0 Å². The first-order valence-corrected chi connectivity index (χ1v) is 6.67. The molecule has 1 aliphatic heterocycles. The van der Waals surface area contributed by atoms with Crippen LogP contribution in [0.1, 0.15) is 44.3 Å². The number of aliphatic carboxylic acids is 1. The van der Waals surface area contributed by atoms with Crippen molar-refractivity contribution in [3.8, 4) is 0 Å². The Labute approximate surface area is 111 Å². The fraction of sp³-hybridized carbons (Fsp3) is 0.769. The van der Waals surface area contributed by atoms with Crippen LogP contribution in [0.3, 0.4) is 0 Å². The number of aromatic nitrogens is 2. The van der Waals surface area contributed by atoms with Gasteiger partial charge in [0, 0.05) is 13.0 Å². The van der Waals surface area contributed by atoms with Crippen LogP contribution in [0.5, 0.6) is 0 Å². The zero-order valence-electron chi connectivity index (χ0n) is 11.1. The molecule has 0 amide bonds. The Morgan fingerprint density at radius 2 is 2.32 bits per heavy atom. The topological polar surface area (TPSA) is 85.5 Å². The molecule has 0 spiro atoms. The quantitative estimate of drug-likeness (QED) is 0.891. The number of hydrogen-bond acceptors (Lipinski definition) is 5. The van der Waals surface area contributed by atoms with Crippen molar-refractivity contribution in [1.82, 2.24) is 10.1 Å². The average molecular weight is 266 g/mol. The SMILES string of the molecule is CC1(C)C(C(=O)O)C1c1nc(CC2CCCO2)no1. The summed E-state index contributed by atoms with van der Waals surface area (Å²) < 4.78 is 10.8. The lowest BCUT2D eigenvalue weighted by Gasteiger charge is -2.03.